The zero-order chi connectivity index (χ0) is 28.6. The van der Waals surface area contributed by atoms with E-state index in [1.54, 1.807) is 58.3 Å². The van der Waals surface area contributed by atoms with E-state index in [-0.39, 0.29) is 22.9 Å². The van der Waals surface area contributed by atoms with Gasteiger partial charge in [-0.25, -0.2) is 9.97 Å². The number of halogens is 3. The molecule has 0 spiro atoms. The molecule has 2 N–H and O–H groups in total. The largest absolute Gasteiger partial charge is 0.418 e. The smallest absolute Gasteiger partial charge is 0.397 e. The molecule has 40 heavy (non-hydrogen) atoms. The minimum Gasteiger partial charge on any atom is -0.397 e. The van der Waals surface area contributed by atoms with E-state index in [0.29, 0.717) is 59.5 Å². The van der Waals surface area contributed by atoms with Crippen LogP contribution in [0.2, 0.25) is 0 Å². The number of rotatable bonds is 3. The molecule has 1 aliphatic rings. The van der Waals surface area contributed by atoms with E-state index in [0.717, 1.165) is 6.07 Å². The van der Waals surface area contributed by atoms with E-state index in [4.69, 9.17) is 5.73 Å². The molecule has 202 valence electrons. The number of hydrogen-bond donors (Lipinski definition) is 1. The topological polar surface area (TPSA) is 116 Å². The maximum atomic E-state index is 13.6. The fourth-order valence-electron chi connectivity index (χ4n) is 4.82. The molecule has 4 aromatic rings. The molecule has 0 atom stereocenters. The van der Waals surface area contributed by atoms with E-state index in [1.807, 2.05) is 0 Å². The molecular weight excluding hydrogens is 521 g/mol. The molecule has 1 aromatic heterocycles. The van der Waals surface area contributed by atoms with Crippen LogP contribution < -0.4 is 5.73 Å². The highest BCUT2D eigenvalue weighted by molar-refractivity contribution is 5.99. The molecule has 2 amide bonds. The highest BCUT2D eigenvalue weighted by Gasteiger charge is 2.34. The SMILES string of the molecule is CC(=O)N1CCN(C(=O)c2cccc(-c3ncnc4ccc(-c5cc(C#N)c(N)c(C(F)(F)F)c5)cc34)c2)CC1. The third kappa shape index (κ3) is 5.03. The number of carbonyl (C=O) groups excluding carboxylic acids is 2. The van der Waals surface area contributed by atoms with Crippen LogP contribution >= 0.6 is 0 Å². The fraction of sp³-hybridized carbons (Fsp3) is 0.207. The van der Waals surface area contributed by atoms with Gasteiger partial charge in [0.05, 0.1) is 28.0 Å². The van der Waals surface area contributed by atoms with Crippen molar-refractivity contribution < 1.29 is 22.8 Å². The second-order valence-corrected chi connectivity index (χ2v) is 9.43. The number of nitrogen functional groups attached to an aromatic ring is 1. The van der Waals surface area contributed by atoms with Gasteiger partial charge in [-0.1, -0.05) is 18.2 Å². The molecule has 3 aromatic carbocycles. The summed E-state index contributed by atoms with van der Waals surface area (Å²) in [5.74, 6) is -0.198. The molecule has 0 unspecified atom stereocenters. The van der Waals surface area contributed by atoms with E-state index in [2.05, 4.69) is 9.97 Å². The Morgan fingerprint density at radius 1 is 0.925 bits per heavy atom. The Kier molecular flexibility index (Phi) is 6.85. The lowest BCUT2D eigenvalue weighted by atomic mass is 9.95. The summed E-state index contributed by atoms with van der Waals surface area (Å²) >= 11 is 0. The van der Waals surface area contributed by atoms with Crippen LogP contribution in [-0.4, -0.2) is 57.8 Å². The number of aromatic nitrogens is 2. The first-order valence-electron chi connectivity index (χ1n) is 12.4. The van der Waals surface area contributed by atoms with Gasteiger partial charge >= 0.3 is 6.18 Å². The van der Waals surface area contributed by atoms with Crippen molar-refractivity contribution in [3.8, 4) is 28.5 Å². The van der Waals surface area contributed by atoms with Gasteiger partial charge < -0.3 is 15.5 Å². The second kappa shape index (κ2) is 10.3. The van der Waals surface area contributed by atoms with Gasteiger partial charge in [0.15, 0.2) is 0 Å². The van der Waals surface area contributed by atoms with Crippen molar-refractivity contribution in [1.29, 1.82) is 5.26 Å². The number of fused-ring (bicyclic) bond motifs is 1. The Bertz CT molecular complexity index is 1690. The predicted molar refractivity (Wildman–Crippen MR) is 143 cm³/mol. The van der Waals surface area contributed by atoms with Crippen molar-refractivity contribution >= 4 is 28.4 Å². The third-order valence-corrected chi connectivity index (χ3v) is 6.97. The van der Waals surface area contributed by atoms with Crippen molar-refractivity contribution in [3.63, 3.8) is 0 Å². The van der Waals surface area contributed by atoms with Crippen LogP contribution in [0.5, 0.6) is 0 Å². The Morgan fingerprint density at radius 2 is 1.65 bits per heavy atom. The first kappa shape index (κ1) is 26.6. The summed E-state index contributed by atoms with van der Waals surface area (Å²) in [6.07, 6.45) is -3.35. The summed E-state index contributed by atoms with van der Waals surface area (Å²) in [7, 11) is 0. The number of nitrogens with zero attached hydrogens (tertiary/aromatic N) is 5. The summed E-state index contributed by atoms with van der Waals surface area (Å²) in [5.41, 5.74) is 6.36. The Labute approximate surface area is 227 Å². The van der Waals surface area contributed by atoms with Crippen molar-refractivity contribution in [2.24, 2.45) is 0 Å². The number of piperazine rings is 1. The lowest BCUT2D eigenvalue weighted by molar-refractivity contribution is -0.137. The maximum Gasteiger partial charge on any atom is 0.418 e. The molecule has 0 bridgehead atoms. The van der Waals surface area contributed by atoms with E-state index >= 15 is 0 Å². The quantitative estimate of drug-likeness (QED) is 0.373. The van der Waals surface area contributed by atoms with Gasteiger partial charge in [-0.05, 0) is 47.5 Å². The normalized spacial score (nSPS) is 13.8. The summed E-state index contributed by atoms with van der Waals surface area (Å²) in [5, 5.41) is 9.94. The first-order chi connectivity index (χ1) is 19.1. The number of anilines is 1. The fourth-order valence-corrected chi connectivity index (χ4v) is 4.82. The maximum absolute atomic E-state index is 13.6. The van der Waals surface area contributed by atoms with Gasteiger partial charge in [0.25, 0.3) is 5.91 Å². The molecule has 1 fully saturated rings. The number of nitrogens with two attached hydrogens (primary N) is 1. The summed E-state index contributed by atoms with van der Waals surface area (Å²) in [6.45, 7) is 3.29. The number of alkyl halides is 3. The number of hydrogen-bond acceptors (Lipinski definition) is 6. The van der Waals surface area contributed by atoms with Crippen LogP contribution in [0.25, 0.3) is 33.3 Å². The standard InChI is InChI=1S/C29H23F3N6O2/c1-17(39)37-7-9-38(10-8-37)28(40)20-4-2-3-19(11-20)27-23-13-18(5-6-25(23)35-16-36-27)21-12-22(15-33)26(34)24(14-21)29(30,31)32/h2-6,11-14,16H,7-10,34H2,1H3. The van der Waals surface area contributed by atoms with Crippen LogP contribution in [0, 0.1) is 11.3 Å². The highest BCUT2D eigenvalue weighted by atomic mass is 19.4. The first-order valence-corrected chi connectivity index (χ1v) is 12.4. The summed E-state index contributed by atoms with van der Waals surface area (Å²) < 4.78 is 40.9. The number of benzene rings is 3. The molecule has 0 saturated carbocycles. The average molecular weight is 545 g/mol. The van der Waals surface area contributed by atoms with Crippen molar-refractivity contribution in [3.05, 3.63) is 77.6 Å². The third-order valence-electron chi connectivity index (χ3n) is 6.97. The minimum absolute atomic E-state index is 0.0263. The molecule has 11 heteroatoms. The second-order valence-electron chi connectivity index (χ2n) is 9.43. The van der Waals surface area contributed by atoms with Gasteiger partial charge in [-0.15, -0.1) is 0 Å². The number of nitriles is 1. The molecular formula is C29H23F3N6O2. The van der Waals surface area contributed by atoms with Gasteiger partial charge in [0.2, 0.25) is 5.91 Å². The Balaban J connectivity index is 1.53. The zero-order valence-electron chi connectivity index (χ0n) is 21.4. The summed E-state index contributed by atoms with van der Waals surface area (Å²) in [4.78, 5) is 36.9. The van der Waals surface area contributed by atoms with Gasteiger partial charge in [-0.3, -0.25) is 9.59 Å². The highest BCUT2D eigenvalue weighted by Crippen LogP contribution is 2.39. The molecule has 1 saturated heterocycles. The molecule has 0 radical (unpaired) electrons. The van der Waals surface area contributed by atoms with Gasteiger partial charge in [0.1, 0.15) is 12.4 Å². The van der Waals surface area contributed by atoms with Crippen LogP contribution in [0.1, 0.15) is 28.4 Å². The van der Waals surface area contributed by atoms with Crippen molar-refractivity contribution in [2.75, 3.05) is 31.9 Å². The average Bonchev–Trinajstić information content (AvgIpc) is 2.95. The summed E-state index contributed by atoms with van der Waals surface area (Å²) in [6, 6.07) is 15.9. The molecule has 0 aliphatic carbocycles. The van der Waals surface area contributed by atoms with Crippen LogP contribution in [-0.2, 0) is 11.0 Å². The lowest BCUT2D eigenvalue weighted by Crippen LogP contribution is -2.50. The zero-order valence-corrected chi connectivity index (χ0v) is 21.4. The predicted octanol–water partition coefficient (Wildman–Crippen LogP) is 4.74. The van der Waals surface area contributed by atoms with E-state index < -0.39 is 17.4 Å². The van der Waals surface area contributed by atoms with E-state index in [1.165, 1.54) is 19.3 Å². The minimum atomic E-state index is -4.73. The Morgan fingerprint density at radius 3 is 2.33 bits per heavy atom. The molecule has 2 heterocycles. The van der Waals surface area contributed by atoms with Crippen LogP contribution in [0.15, 0.2) is 60.9 Å². The van der Waals surface area contributed by atoms with Crippen molar-refractivity contribution in [2.45, 2.75) is 13.1 Å². The molecule has 1 aliphatic heterocycles. The molecule has 5 rings (SSSR count). The molecule has 8 nitrogen and oxygen atoms in total. The van der Waals surface area contributed by atoms with Crippen LogP contribution in [0.3, 0.4) is 0 Å². The number of carbonyl (C=O) groups is 2. The number of amides is 2. The monoisotopic (exact) mass is 544 g/mol. The lowest BCUT2D eigenvalue weighted by Gasteiger charge is -2.34. The van der Waals surface area contributed by atoms with Gasteiger partial charge in [0, 0.05) is 49.6 Å². The van der Waals surface area contributed by atoms with E-state index in [9.17, 15) is 28.0 Å². The van der Waals surface area contributed by atoms with Crippen molar-refractivity contribution in [1.82, 2.24) is 19.8 Å². The Hall–Kier alpha value is -4.98. The van der Waals surface area contributed by atoms with Gasteiger partial charge in [-0.2, -0.15) is 18.4 Å². The van der Waals surface area contributed by atoms with Crippen LogP contribution in [0.4, 0.5) is 18.9 Å².